The van der Waals surface area contributed by atoms with Crippen molar-refractivity contribution in [3.8, 4) is 0 Å². The van der Waals surface area contributed by atoms with Gasteiger partial charge in [0.2, 0.25) is 0 Å². The molecule has 0 aliphatic carbocycles. The van der Waals surface area contributed by atoms with Crippen LogP contribution in [0.5, 0.6) is 0 Å². The van der Waals surface area contributed by atoms with Crippen molar-refractivity contribution in [2.75, 3.05) is 13.1 Å². The van der Waals surface area contributed by atoms with Gasteiger partial charge < -0.3 is 0 Å². The number of hydrogen-bond donors (Lipinski definition) is 0. The Hall–Kier alpha value is 0.759. The Balaban J connectivity index is 4.71. The Labute approximate surface area is 102 Å². The van der Waals surface area contributed by atoms with Crippen molar-refractivity contribution < 1.29 is 0 Å². The van der Waals surface area contributed by atoms with Crippen molar-refractivity contribution in [3.63, 3.8) is 0 Å². The van der Waals surface area contributed by atoms with E-state index < -0.39 is 18.7 Å². The Morgan fingerprint density at radius 2 is 1.00 bits per heavy atom. The topological polar surface area (TPSA) is 3.24 Å². The van der Waals surface area contributed by atoms with Crippen LogP contribution in [-0.4, -0.2) is 34.9 Å². The summed E-state index contributed by atoms with van der Waals surface area (Å²) in [5, 5.41) is 0. The summed E-state index contributed by atoms with van der Waals surface area (Å²) in [4.78, 5) is 0. The molecule has 92 valence electrons. The van der Waals surface area contributed by atoms with E-state index in [4.69, 9.17) is 0 Å². The Morgan fingerprint density at radius 1 is 0.667 bits per heavy atom. The zero-order chi connectivity index (χ0) is 11.7. The molecule has 0 spiro atoms. The van der Waals surface area contributed by atoms with Gasteiger partial charge in [-0.1, -0.05) is 0 Å². The van der Waals surface area contributed by atoms with Gasteiger partial charge in [0.25, 0.3) is 0 Å². The van der Waals surface area contributed by atoms with Crippen LogP contribution in [0, 0.1) is 0 Å². The van der Waals surface area contributed by atoms with Crippen molar-refractivity contribution in [2.45, 2.75) is 67.2 Å². The van der Waals surface area contributed by atoms with Crippen LogP contribution < -0.4 is 0 Å². The fourth-order valence-electron chi connectivity index (χ4n) is 3.14. The summed E-state index contributed by atoms with van der Waals surface area (Å²) in [5.74, 6) is 0. The van der Waals surface area contributed by atoms with Crippen LogP contribution in [0.15, 0.2) is 0 Å². The van der Waals surface area contributed by atoms with Crippen LogP contribution in [0.3, 0.4) is 0 Å². The molecular weight excluding hydrogens is 289 g/mol. The first-order valence-corrected chi connectivity index (χ1v) is 14.3. The fourth-order valence-corrected chi connectivity index (χ4v) is 19.8. The molecule has 0 aliphatic rings. The second-order valence-corrected chi connectivity index (χ2v) is 17.7. The molecule has 1 nitrogen and oxygen atoms in total. The van der Waals surface area contributed by atoms with Gasteiger partial charge in [0.1, 0.15) is 0 Å². The van der Waals surface area contributed by atoms with E-state index in [2.05, 4.69) is 37.7 Å². The van der Waals surface area contributed by atoms with E-state index >= 15 is 0 Å². The summed E-state index contributed by atoms with van der Waals surface area (Å²) >= 11 is -1.91. The van der Waals surface area contributed by atoms with E-state index in [1.54, 1.807) is 13.3 Å². The molecule has 0 aliphatic heterocycles. The third-order valence-electron chi connectivity index (χ3n) is 3.58. The van der Waals surface area contributed by atoms with Crippen molar-refractivity contribution in [2.24, 2.45) is 0 Å². The molecule has 0 unspecified atom stereocenters. The van der Waals surface area contributed by atoms with Crippen LogP contribution >= 0.6 is 0 Å². The molecule has 0 atom stereocenters. The first-order chi connectivity index (χ1) is 7.20. The SMILES string of the molecule is CC[CH2][Sn]([CH2]CC)([CH2]CC)[N](CC)CC. The molecule has 0 heterocycles. The second kappa shape index (κ2) is 8.86. The normalized spacial score (nSPS) is 12.4. The maximum atomic E-state index is 2.91. The average molecular weight is 320 g/mol. The number of hydrogen-bond acceptors (Lipinski definition) is 1. The van der Waals surface area contributed by atoms with Gasteiger partial charge in [-0.05, 0) is 0 Å². The van der Waals surface area contributed by atoms with Gasteiger partial charge in [0, 0.05) is 0 Å². The third kappa shape index (κ3) is 4.64. The van der Waals surface area contributed by atoms with Gasteiger partial charge in [-0.15, -0.1) is 0 Å². The van der Waals surface area contributed by atoms with Gasteiger partial charge in [0.05, 0.1) is 0 Å². The number of nitrogens with zero attached hydrogens (tertiary/aromatic N) is 1. The van der Waals surface area contributed by atoms with Gasteiger partial charge in [-0.3, -0.25) is 0 Å². The molecule has 0 bridgehead atoms. The summed E-state index contributed by atoms with van der Waals surface area (Å²) < 4.78 is 7.65. The van der Waals surface area contributed by atoms with Crippen molar-refractivity contribution in [1.82, 2.24) is 3.12 Å². The van der Waals surface area contributed by atoms with Crippen LogP contribution in [-0.2, 0) is 0 Å². The van der Waals surface area contributed by atoms with Gasteiger partial charge in [0.15, 0.2) is 0 Å². The van der Waals surface area contributed by atoms with E-state index in [9.17, 15) is 0 Å². The first-order valence-electron chi connectivity index (χ1n) is 6.95. The summed E-state index contributed by atoms with van der Waals surface area (Å²) in [5.41, 5.74) is 0. The molecule has 0 aromatic carbocycles. The van der Waals surface area contributed by atoms with E-state index in [0.717, 1.165) is 0 Å². The van der Waals surface area contributed by atoms with Crippen LogP contribution in [0.4, 0.5) is 0 Å². The molecule has 15 heavy (non-hydrogen) atoms. The third-order valence-corrected chi connectivity index (χ3v) is 21.5. The first kappa shape index (κ1) is 15.8. The monoisotopic (exact) mass is 321 g/mol. The second-order valence-electron chi connectivity index (χ2n) is 4.65. The zero-order valence-electron chi connectivity index (χ0n) is 11.6. The number of rotatable bonds is 9. The molecule has 0 aromatic heterocycles. The molecule has 0 radical (unpaired) electrons. The molecule has 0 saturated heterocycles. The standard InChI is InChI=1S/C4H10N.3C3H7.Sn/c1-3-5-4-2;3*1-3-2;/h3-4H2,1-2H3;3*1,3H2,2H3;/q-1;;;;+1. The summed E-state index contributed by atoms with van der Waals surface area (Å²) in [7, 11) is 0. The minimum atomic E-state index is -1.91. The van der Waals surface area contributed by atoms with Crippen molar-refractivity contribution in [1.29, 1.82) is 0 Å². The maximum absolute atomic E-state index is 2.91. The van der Waals surface area contributed by atoms with E-state index in [-0.39, 0.29) is 0 Å². The quantitative estimate of drug-likeness (QED) is 0.565. The van der Waals surface area contributed by atoms with Crippen LogP contribution in [0.25, 0.3) is 0 Å². The molecule has 0 fully saturated rings. The van der Waals surface area contributed by atoms with Gasteiger partial charge >= 0.3 is 102 Å². The molecule has 0 amide bonds. The predicted molar refractivity (Wildman–Crippen MR) is 74.0 cm³/mol. The Kier molecular flexibility index (Phi) is 9.31. The minimum absolute atomic E-state index is 1.30. The molecule has 0 rings (SSSR count). The zero-order valence-corrected chi connectivity index (χ0v) is 14.5. The molecular formula is C13H31NSn. The van der Waals surface area contributed by atoms with Crippen molar-refractivity contribution in [3.05, 3.63) is 0 Å². The van der Waals surface area contributed by atoms with Crippen molar-refractivity contribution >= 4 is 18.7 Å². The molecule has 0 saturated carbocycles. The average Bonchev–Trinajstić information content (AvgIpc) is 2.20. The Morgan fingerprint density at radius 3 is 1.20 bits per heavy atom. The van der Waals surface area contributed by atoms with Crippen LogP contribution in [0.2, 0.25) is 13.3 Å². The summed E-state index contributed by atoms with van der Waals surface area (Å²) in [6.07, 6.45) is 4.23. The molecule has 2 heteroatoms. The van der Waals surface area contributed by atoms with Crippen LogP contribution in [0.1, 0.15) is 53.9 Å². The summed E-state index contributed by atoms with van der Waals surface area (Å²) in [6, 6.07) is 0. The molecule has 0 N–H and O–H groups in total. The van der Waals surface area contributed by atoms with E-state index in [0.29, 0.717) is 0 Å². The molecule has 0 aromatic rings. The Bertz CT molecular complexity index is 126. The van der Waals surface area contributed by atoms with E-state index in [1.165, 1.54) is 32.4 Å². The van der Waals surface area contributed by atoms with Gasteiger partial charge in [-0.2, -0.15) is 0 Å². The van der Waals surface area contributed by atoms with Gasteiger partial charge in [-0.25, -0.2) is 0 Å². The fraction of sp³-hybridized carbons (Fsp3) is 1.00. The summed E-state index contributed by atoms with van der Waals surface area (Å²) in [6.45, 7) is 14.4. The van der Waals surface area contributed by atoms with E-state index in [1.807, 2.05) is 0 Å². The predicted octanol–water partition coefficient (Wildman–Crippen LogP) is 4.50.